The van der Waals surface area contributed by atoms with Gasteiger partial charge in [-0.05, 0) is 37.5 Å². The van der Waals surface area contributed by atoms with Gasteiger partial charge < -0.3 is 19.4 Å². The number of sulfonamides is 1. The van der Waals surface area contributed by atoms with Crippen molar-refractivity contribution >= 4 is 15.9 Å². The molecule has 0 spiro atoms. The molecule has 3 heterocycles. The average molecular weight is 420 g/mol. The van der Waals surface area contributed by atoms with Gasteiger partial charge >= 0.3 is 0 Å². The lowest BCUT2D eigenvalue weighted by atomic mass is 9.98. The highest BCUT2D eigenvalue weighted by molar-refractivity contribution is 7.89. The maximum Gasteiger partial charge on any atom is 0.262 e. The number of carbonyl (C=O) groups is 1. The maximum absolute atomic E-state index is 12.9. The van der Waals surface area contributed by atoms with Crippen molar-refractivity contribution in [1.29, 1.82) is 0 Å². The van der Waals surface area contributed by atoms with Crippen LogP contribution in [0.15, 0.2) is 35.7 Å². The molecule has 1 unspecified atom stereocenters. The van der Waals surface area contributed by atoms with Crippen molar-refractivity contribution in [1.82, 2.24) is 19.2 Å². The number of carbonyl (C=O) groups excluding carboxylic acids is 1. The van der Waals surface area contributed by atoms with Crippen LogP contribution in [0, 0.1) is 5.92 Å². The Balaban J connectivity index is 1.38. The number of benzene rings is 1. The van der Waals surface area contributed by atoms with Crippen LogP contribution in [0.2, 0.25) is 0 Å². The molecule has 9 nitrogen and oxygen atoms in total. The number of ether oxygens (including phenoxy) is 2. The molecule has 1 aromatic heterocycles. The monoisotopic (exact) mass is 420 g/mol. The summed E-state index contributed by atoms with van der Waals surface area (Å²) in [6.07, 6.45) is 4.32. The minimum atomic E-state index is -3.70. The van der Waals surface area contributed by atoms with Gasteiger partial charge in [0.1, 0.15) is 0 Å². The number of aryl methyl sites for hydroxylation is 1. The first-order chi connectivity index (χ1) is 14.0. The number of hydrogen-bond acceptors (Lipinski definition) is 6. The van der Waals surface area contributed by atoms with Gasteiger partial charge in [0.05, 0.1) is 12.2 Å². The Kier molecular flexibility index (Phi) is 5.46. The predicted octanol–water partition coefficient (Wildman–Crippen LogP) is 1.35. The van der Waals surface area contributed by atoms with Gasteiger partial charge in [-0.15, -0.1) is 0 Å². The van der Waals surface area contributed by atoms with E-state index in [0.717, 1.165) is 5.56 Å². The van der Waals surface area contributed by atoms with Crippen LogP contribution in [0.25, 0.3) is 0 Å². The van der Waals surface area contributed by atoms with Crippen molar-refractivity contribution in [3.63, 3.8) is 0 Å². The van der Waals surface area contributed by atoms with Crippen molar-refractivity contribution < 1.29 is 22.7 Å². The Morgan fingerprint density at radius 1 is 1.31 bits per heavy atom. The number of hydrogen-bond donors (Lipinski definition) is 1. The van der Waals surface area contributed by atoms with Crippen LogP contribution in [0.1, 0.15) is 25.3 Å². The van der Waals surface area contributed by atoms with E-state index >= 15 is 0 Å². The van der Waals surface area contributed by atoms with E-state index in [1.165, 1.54) is 16.8 Å². The first-order valence-corrected chi connectivity index (χ1v) is 11.1. The SMILES string of the molecule is CCn1cnc(S(=O)(=O)N2CCCC(C(=O)NCc3ccc4c(c3)OCO4)C2)c1. The van der Waals surface area contributed by atoms with Crippen LogP contribution in [0.5, 0.6) is 11.5 Å². The first-order valence-electron chi connectivity index (χ1n) is 9.65. The summed E-state index contributed by atoms with van der Waals surface area (Å²) in [5.41, 5.74) is 0.896. The molecular weight excluding hydrogens is 396 g/mol. The Bertz CT molecular complexity index is 1000. The lowest BCUT2D eigenvalue weighted by molar-refractivity contribution is -0.126. The zero-order chi connectivity index (χ0) is 20.4. The minimum absolute atomic E-state index is 0.0285. The van der Waals surface area contributed by atoms with Crippen LogP contribution in [-0.4, -0.2) is 48.1 Å². The normalized spacial score (nSPS) is 19.3. The van der Waals surface area contributed by atoms with Crippen molar-refractivity contribution in [2.75, 3.05) is 19.9 Å². The third-order valence-corrected chi connectivity index (χ3v) is 6.99. The molecule has 1 saturated heterocycles. The van der Waals surface area contributed by atoms with E-state index in [-0.39, 0.29) is 30.2 Å². The second kappa shape index (κ2) is 8.03. The number of fused-ring (bicyclic) bond motifs is 1. The molecule has 1 aromatic carbocycles. The minimum Gasteiger partial charge on any atom is -0.454 e. The Morgan fingerprint density at radius 3 is 2.93 bits per heavy atom. The van der Waals surface area contributed by atoms with Crippen LogP contribution < -0.4 is 14.8 Å². The zero-order valence-electron chi connectivity index (χ0n) is 16.2. The topological polar surface area (TPSA) is 103 Å². The number of amides is 1. The fourth-order valence-corrected chi connectivity index (χ4v) is 5.00. The molecule has 29 heavy (non-hydrogen) atoms. The van der Waals surface area contributed by atoms with E-state index in [0.29, 0.717) is 44.0 Å². The molecule has 2 aliphatic rings. The van der Waals surface area contributed by atoms with Crippen LogP contribution in [-0.2, 0) is 27.9 Å². The average Bonchev–Trinajstić information content (AvgIpc) is 3.41. The van der Waals surface area contributed by atoms with E-state index in [1.54, 1.807) is 4.57 Å². The Labute approximate surface area is 169 Å². The molecular formula is C19H24N4O5S. The molecule has 1 fully saturated rings. The lowest BCUT2D eigenvalue weighted by Gasteiger charge is -2.30. The van der Waals surface area contributed by atoms with Gasteiger partial charge in [0, 0.05) is 32.4 Å². The van der Waals surface area contributed by atoms with Crippen LogP contribution in [0.4, 0.5) is 0 Å². The number of nitrogens with one attached hydrogen (secondary N) is 1. The second-order valence-corrected chi connectivity index (χ2v) is 9.03. The summed E-state index contributed by atoms with van der Waals surface area (Å²) in [4.78, 5) is 16.7. The number of rotatable bonds is 6. The third kappa shape index (κ3) is 4.08. The molecule has 0 aliphatic carbocycles. The summed E-state index contributed by atoms with van der Waals surface area (Å²) in [6.45, 7) is 3.67. The number of piperidine rings is 1. The molecule has 10 heteroatoms. The summed E-state index contributed by atoms with van der Waals surface area (Å²) >= 11 is 0. The largest absolute Gasteiger partial charge is 0.454 e. The summed E-state index contributed by atoms with van der Waals surface area (Å²) in [6, 6.07) is 5.52. The number of nitrogens with zero attached hydrogens (tertiary/aromatic N) is 3. The molecule has 0 bridgehead atoms. The van der Waals surface area contributed by atoms with E-state index in [4.69, 9.17) is 9.47 Å². The molecule has 1 atom stereocenters. The number of aromatic nitrogens is 2. The summed E-state index contributed by atoms with van der Waals surface area (Å²) in [7, 11) is -3.70. The summed E-state index contributed by atoms with van der Waals surface area (Å²) in [5, 5.41) is 2.94. The Morgan fingerprint density at radius 2 is 2.14 bits per heavy atom. The molecule has 2 aromatic rings. The smallest absolute Gasteiger partial charge is 0.262 e. The molecule has 156 valence electrons. The van der Waals surface area contributed by atoms with Crippen molar-refractivity contribution in [3.8, 4) is 11.5 Å². The van der Waals surface area contributed by atoms with Crippen LogP contribution >= 0.6 is 0 Å². The molecule has 0 saturated carbocycles. The van der Waals surface area contributed by atoms with Gasteiger partial charge in [0.25, 0.3) is 10.0 Å². The molecule has 2 aliphatic heterocycles. The van der Waals surface area contributed by atoms with E-state index in [9.17, 15) is 13.2 Å². The van der Waals surface area contributed by atoms with Crippen molar-refractivity contribution in [2.24, 2.45) is 5.92 Å². The van der Waals surface area contributed by atoms with Crippen molar-refractivity contribution in [3.05, 3.63) is 36.3 Å². The molecule has 1 N–H and O–H groups in total. The lowest BCUT2D eigenvalue weighted by Crippen LogP contribution is -2.45. The quantitative estimate of drug-likeness (QED) is 0.757. The van der Waals surface area contributed by atoms with Gasteiger partial charge in [0.15, 0.2) is 16.5 Å². The van der Waals surface area contributed by atoms with E-state index in [1.807, 2.05) is 25.1 Å². The van der Waals surface area contributed by atoms with Crippen LogP contribution in [0.3, 0.4) is 0 Å². The Hall–Kier alpha value is -2.59. The second-order valence-electron chi connectivity index (χ2n) is 7.15. The highest BCUT2D eigenvalue weighted by atomic mass is 32.2. The maximum atomic E-state index is 12.9. The van der Waals surface area contributed by atoms with Gasteiger partial charge in [-0.2, -0.15) is 4.31 Å². The predicted molar refractivity (Wildman–Crippen MR) is 104 cm³/mol. The highest BCUT2D eigenvalue weighted by Gasteiger charge is 2.34. The standard InChI is InChI=1S/C19H24N4O5S/c1-2-22-11-18(21-12-22)29(25,26)23-7-3-4-15(10-23)19(24)20-9-14-5-6-16-17(8-14)28-13-27-16/h5-6,8,11-12,15H,2-4,7,9-10,13H2,1H3,(H,20,24). The van der Waals surface area contributed by atoms with Gasteiger partial charge in [-0.25, -0.2) is 13.4 Å². The van der Waals surface area contributed by atoms with E-state index < -0.39 is 10.0 Å². The summed E-state index contributed by atoms with van der Waals surface area (Å²) in [5.74, 6) is 0.819. The highest BCUT2D eigenvalue weighted by Crippen LogP contribution is 2.32. The zero-order valence-corrected chi connectivity index (χ0v) is 17.0. The van der Waals surface area contributed by atoms with Gasteiger partial charge in [-0.3, -0.25) is 4.79 Å². The first kappa shape index (κ1) is 19.7. The van der Waals surface area contributed by atoms with E-state index in [2.05, 4.69) is 10.3 Å². The molecule has 1 amide bonds. The number of imidazole rings is 1. The summed E-state index contributed by atoms with van der Waals surface area (Å²) < 4.78 is 39.4. The fraction of sp³-hybridized carbons (Fsp3) is 0.474. The van der Waals surface area contributed by atoms with Crippen molar-refractivity contribution in [2.45, 2.75) is 37.9 Å². The third-order valence-electron chi connectivity index (χ3n) is 5.24. The molecule has 0 radical (unpaired) electrons. The van der Waals surface area contributed by atoms with Gasteiger partial charge in [-0.1, -0.05) is 6.07 Å². The fourth-order valence-electron chi connectivity index (χ4n) is 3.54. The molecule has 4 rings (SSSR count). The van der Waals surface area contributed by atoms with Gasteiger partial charge in [0.2, 0.25) is 12.7 Å².